The predicted molar refractivity (Wildman–Crippen MR) is 159 cm³/mol. The van der Waals surface area contributed by atoms with Crippen LogP contribution in [0.2, 0.25) is 0 Å². The second kappa shape index (κ2) is 12.5. The van der Waals surface area contributed by atoms with Gasteiger partial charge >= 0.3 is 0 Å². The summed E-state index contributed by atoms with van der Waals surface area (Å²) in [5, 5.41) is 8.70. The van der Waals surface area contributed by atoms with Crippen molar-refractivity contribution in [2.75, 3.05) is 30.2 Å². The number of anilines is 5. The van der Waals surface area contributed by atoms with E-state index in [1.807, 2.05) is 6.92 Å². The molecule has 0 saturated heterocycles. The monoisotopic (exact) mass is 611 g/mol. The van der Waals surface area contributed by atoms with Crippen LogP contribution in [0.15, 0.2) is 71.8 Å². The average molecular weight is 612 g/mol. The number of nitrogens with one attached hydrogen (secondary N) is 3. The largest absolute Gasteiger partial charge is 0.497 e. The molecule has 0 saturated carbocycles. The lowest BCUT2D eigenvalue weighted by molar-refractivity contribution is -0.129. The van der Waals surface area contributed by atoms with Gasteiger partial charge in [0.15, 0.2) is 17.2 Å². The van der Waals surface area contributed by atoms with E-state index in [2.05, 4.69) is 25.9 Å². The van der Waals surface area contributed by atoms with Crippen LogP contribution < -0.4 is 30.2 Å². The topological polar surface area (TPSA) is 161 Å². The highest BCUT2D eigenvalue weighted by Crippen LogP contribution is 2.36. The van der Waals surface area contributed by atoms with Crippen LogP contribution in [0.25, 0.3) is 0 Å². The van der Waals surface area contributed by atoms with Gasteiger partial charge in [0.05, 0.1) is 31.0 Å². The third-order valence-corrected chi connectivity index (χ3v) is 6.94. The number of benzene rings is 3. The number of nitrogens with zero attached hydrogens (tertiary/aromatic N) is 2. The van der Waals surface area contributed by atoms with Crippen molar-refractivity contribution in [2.45, 2.75) is 31.3 Å². The summed E-state index contributed by atoms with van der Waals surface area (Å²) in [6, 6.07) is 16.2. The molecule has 3 aromatic carbocycles. The Bertz CT molecular complexity index is 1730. The molecular weight excluding hydrogens is 581 g/mol. The third-order valence-electron chi connectivity index (χ3n) is 6.07. The van der Waals surface area contributed by atoms with Crippen LogP contribution in [0.4, 0.5) is 33.2 Å². The number of aryl methyl sites for hydroxylation is 1. The lowest BCUT2D eigenvalue weighted by atomic mass is 10.1. The van der Waals surface area contributed by atoms with Crippen molar-refractivity contribution in [2.24, 2.45) is 0 Å². The fourth-order valence-electron chi connectivity index (χ4n) is 3.76. The minimum atomic E-state index is -4.02. The number of hydrogen-bond acceptors (Lipinski definition) is 10. The normalized spacial score (nSPS) is 13.3. The van der Waals surface area contributed by atoms with Crippen molar-refractivity contribution >= 4 is 44.9 Å². The first-order valence-electron chi connectivity index (χ1n) is 12.8. The van der Waals surface area contributed by atoms with Crippen molar-refractivity contribution in [3.63, 3.8) is 0 Å². The number of halogens is 1. The number of hydrogen-bond donors (Lipinski definition) is 4. The Morgan fingerprint density at radius 3 is 2.21 bits per heavy atom. The number of methoxy groups -OCH3 is 2. The summed E-state index contributed by atoms with van der Waals surface area (Å²) >= 11 is 0. The summed E-state index contributed by atoms with van der Waals surface area (Å²) in [6.45, 7) is 5.20. The summed E-state index contributed by atoms with van der Waals surface area (Å²) < 4.78 is 60.1. The molecule has 0 bridgehead atoms. The van der Waals surface area contributed by atoms with E-state index in [1.165, 1.54) is 12.1 Å². The molecule has 0 unspecified atom stereocenters. The molecule has 0 aliphatic carbocycles. The highest BCUT2D eigenvalue weighted by Gasteiger charge is 2.35. The fraction of sp³-hybridized carbons (Fsp3) is 0.207. The highest BCUT2D eigenvalue weighted by atomic mass is 32.2. The predicted octanol–water partition coefficient (Wildman–Crippen LogP) is 5.47. The molecule has 2 heterocycles. The minimum Gasteiger partial charge on any atom is -0.497 e. The maximum Gasteiger partial charge on any atom is 0.294 e. The van der Waals surface area contributed by atoms with Crippen LogP contribution in [0.3, 0.4) is 0 Å². The molecule has 0 atom stereocenters. The number of ether oxygens (including phenoxy) is 3. The van der Waals surface area contributed by atoms with Gasteiger partial charge in [-0.1, -0.05) is 17.7 Å². The van der Waals surface area contributed by atoms with E-state index in [9.17, 15) is 17.6 Å². The average Bonchev–Trinajstić information content (AvgIpc) is 2.95. The molecule has 4 aromatic rings. The number of carbonyl (C=O) groups is 1. The van der Waals surface area contributed by atoms with E-state index in [0.717, 1.165) is 11.8 Å². The lowest BCUT2D eigenvalue weighted by Gasteiger charge is -2.31. The van der Waals surface area contributed by atoms with E-state index < -0.39 is 21.5 Å². The minimum absolute atomic E-state index is 0.0410. The first-order valence-corrected chi connectivity index (χ1v) is 14.2. The maximum atomic E-state index is 14.4. The number of aromatic nitrogens is 2. The molecule has 1 aromatic heterocycles. The van der Waals surface area contributed by atoms with Crippen LogP contribution >= 0.6 is 0 Å². The summed E-state index contributed by atoms with van der Waals surface area (Å²) in [6.07, 6.45) is 1.06. The van der Waals surface area contributed by atoms with E-state index in [-0.39, 0.29) is 22.6 Å². The Balaban J connectivity index is 0.000000324. The van der Waals surface area contributed by atoms with Crippen LogP contribution in [0.5, 0.6) is 17.2 Å². The van der Waals surface area contributed by atoms with Crippen LogP contribution in [0, 0.1) is 12.7 Å². The van der Waals surface area contributed by atoms with Gasteiger partial charge in [0.1, 0.15) is 17.2 Å². The Labute approximate surface area is 248 Å². The third kappa shape index (κ3) is 7.87. The van der Waals surface area contributed by atoms with Crippen molar-refractivity contribution in [1.82, 2.24) is 9.97 Å². The zero-order valence-corrected chi connectivity index (χ0v) is 24.7. The summed E-state index contributed by atoms with van der Waals surface area (Å²) in [5.41, 5.74) is 1.59. The molecule has 1 amide bonds. The number of fused-ring (bicyclic) bond motifs is 1. The summed E-state index contributed by atoms with van der Waals surface area (Å²) in [5.74, 6) is 0.898. The zero-order valence-electron chi connectivity index (χ0n) is 23.9. The van der Waals surface area contributed by atoms with Gasteiger partial charge in [0, 0.05) is 29.6 Å². The molecule has 14 heteroatoms. The van der Waals surface area contributed by atoms with Crippen molar-refractivity contribution < 1.29 is 36.4 Å². The molecular formula is C29H30FN5O7S. The first-order chi connectivity index (χ1) is 20.3. The zero-order chi connectivity index (χ0) is 31.4. The van der Waals surface area contributed by atoms with E-state index in [4.69, 9.17) is 18.8 Å². The SMILES string of the molecule is COc1cc(Nc2ncc(F)c(Nc3ccc4c(c3)NC(=O)C(C)(C)O4)n2)cc(OC)c1.Cc1ccc(S(=O)(=O)O)cc1. The van der Waals surface area contributed by atoms with E-state index in [0.29, 0.717) is 34.3 Å². The van der Waals surface area contributed by atoms with Gasteiger partial charge in [-0.15, -0.1) is 0 Å². The van der Waals surface area contributed by atoms with Crippen molar-refractivity contribution in [3.8, 4) is 17.2 Å². The Morgan fingerprint density at radius 2 is 1.60 bits per heavy atom. The lowest BCUT2D eigenvalue weighted by Crippen LogP contribution is -2.45. The first kappa shape index (κ1) is 31.0. The Hall–Kier alpha value is -4.95. The molecule has 0 fully saturated rings. The van der Waals surface area contributed by atoms with E-state index >= 15 is 0 Å². The molecule has 226 valence electrons. The maximum absolute atomic E-state index is 14.4. The van der Waals surface area contributed by atoms with Gasteiger partial charge in [0.2, 0.25) is 5.95 Å². The molecule has 5 rings (SSSR count). The van der Waals surface area contributed by atoms with Crippen LogP contribution in [-0.4, -0.2) is 48.7 Å². The quantitative estimate of drug-likeness (QED) is 0.196. The second-order valence-electron chi connectivity index (χ2n) is 9.81. The van der Waals surface area contributed by atoms with Crippen molar-refractivity contribution in [1.29, 1.82) is 0 Å². The molecule has 0 radical (unpaired) electrons. The molecule has 1 aliphatic heterocycles. The van der Waals surface area contributed by atoms with Gasteiger partial charge < -0.3 is 30.2 Å². The summed E-state index contributed by atoms with van der Waals surface area (Å²) in [7, 11) is -0.932. The number of rotatable bonds is 7. The fourth-order valence-corrected chi connectivity index (χ4v) is 4.24. The van der Waals surface area contributed by atoms with Crippen LogP contribution in [-0.2, 0) is 14.9 Å². The van der Waals surface area contributed by atoms with Gasteiger partial charge in [-0.3, -0.25) is 9.35 Å². The second-order valence-corrected chi connectivity index (χ2v) is 11.2. The number of carbonyl (C=O) groups excluding carboxylic acids is 1. The molecule has 1 aliphatic rings. The van der Waals surface area contributed by atoms with Gasteiger partial charge in [-0.25, -0.2) is 9.37 Å². The van der Waals surface area contributed by atoms with E-state index in [1.54, 1.807) is 76.6 Å². The van der Waals surface area contributed by atoms with Gasteiger partial charge in [-0.2, -0.15) is 13.4 Å². The Kier molecular flexibility index (Phi) is 9.01. The smallest absolute Gasteiger partial charge is 0.294 e. The highest BCUT2D eigenvalue weighted by molar-refractivity contribution is 7.85. The molecule has 43 heavy (non-hydrogen) atoms. The van der Waals surface area contributed by atoms with Gasteiger partial charge in [-0.05, 0) is 51.1 Å². The molecule has 0 spiro atoms. The summed E-state index contributed by atoms with van der Waals surface area (Å²) in [4.78, 5) is 20.3. The Morgan fingerprint density at radius 1 is 0.953 bits per heavy atom. The standard InChI is InChI=1S/C22H22FN5O4.C7H8O3S/c1-22(2)20(29)27-17-9-12(5-6-18(17)32-22)25-19-16(23)11-24-21(28-19)26-13-7-14(30-3)10-15(8-13)31-4;1-6-2-4-7(5-3-6)11(8,9)10/h5-11H,1-4H3,(H,27,29)(H2,24,25,26,28);2-5H,1H3,(H,8,9,10). The molecule has 4 N–H and O–H groups in total. The van der Waals surface area contributed by atoms with Crippen molar-refractivity contribution in [3.05, 3.63) is 78.2 Å². The number of amides is 1. The van der Waals surface area contributed by atoms with Crippen LogP contribution in [0.1, 0.15) is 19.4 Å². The molecule has 12 nitrogen and oxygen atoms in total. The van der Waals surface area contributed by atoms with Gasteiger partial charge in [0.25, 0.3) is 16.0 Å².